The minimum atomic E-state index is -3.87. The van der Waals surface area contributed by atoms with E-state index in [-0.39, 0.29) is 4.90 Å². The molecule has 1 aromatic carbocycles. The van der Waals surface area contributed by atoms with Crippen LogP contribution in [0.15, 0.2) is 35.2 Å². The number of carbonyl (C=O) groups excluding carboxylic acids is 1. The average molecular weight is 318 g/mol. The van der Waals surface area contributed by atoms with Crippen molar-refractivity contribution in [1.82, 2.24) is 9.62 Å². The van der Waals surface area contributed by atoms with Gasteiger partial charge in [-0.2, -0.15) is 4.31 Å². The summed E-state index contributed by atoms with van der Waals surface area (Å²) in [5, 5.41) is 10.5. The van der Waals surface area contributed by atoms with Crippen LogP contribution in [0.3, 0.4) is 0 Å². The number of halogens is 1. The fourth-order valence-corrected chi connectivity index (χ4v) is 2.61. The van der Waals surface area contributed by atoms with Crippen molar-refractivity contribution in [3.8, 4) is 0 Å². The standard InChI is InChI=1S/C12H15FN2O5S/c1-15(8-11(16)14-10(7-13)12(17)18)21(19,20)9-5-3-2-4-6-9/h2-6,10H,7-8H2,1H3,(H,14,16)(H,17,18). The van der Waals surface area contributed by atoms with Gasteiger partial charge in [-0.05, 0) is 12.1 Å². The summed E-state index contributed by atoms with van der Waals surface area (Å²) >= 11 is 0. The number of nitrogens with zero attached hydrogens (tertiary/aromatic N) is 1. The molecule has 0 saturated heterocycles. The Hall–Kier alpha value is -2.00. The van der Waals surface area contributed by atoms with Crippen LogP contribution in [-0.2, 0) is 19.6 Å². The molecule has 1 aromatic rings. The highest BCUT2D eigenvalue weighted by Crippen LogP contribution is 2.12. The number of sulfonamides is 1. The van der Waals surface area contributed by atoms with Crippen LogP contribution < -0.4 is 5.32 Å². The van der Waals surface area contributed by atoms with Gasteiger partial charge in [0, 0.05) is 7.05 Å². The predicted molar refractivity (Wildman–Crippen MR) is 71.8 cm³/mol. The molecule has 0 aliphatic heterocycles. The second-order valence-electron chi connectivity index (χ2n) is 4.19. The Bertz CT molecular complexity index is 605. The maximum atomic E-state index is 12.4. The second kappa shape index (κ2) is 7.14. The van der Waals surface area contributed by atoms with Crippen molar-refractivity contribution in [2.75, 3.05) is 20.3 Å². The quantitative estimate of drug-likeness (QED) is 0.727. The van der Waals surface area contributed by atoms with Crippen LogP contribution >= 0.6 is 0 Å². The number of benzene rings is 1. The fourth-order valence-electron chi connectivity index (χ4n) is 1.47. The average Bonchev–Trinajstić information content (AvgIpc) is 2.45. The minimum absolute atomic E-state index is 0.000533. The number of hydrogen-bond donors (Lipinski definition) is 2. The molecular formula is C12H15FN2O5S. The molecule has 9 heteroatoms. The van der Waals surface area contributed by atoms with E-state index in [4.69, 9.17) is 5.11 Å². The van der Waals surface area contributed by atoms with E-state index in [9.17, 15) is 22.4 Å². The summed E-state index contributed by atoms with van der Waals surface area (Å²) in [5.74, 6) is -2.43. The van der Waals surface area contributed by atoms with Crippen LogP contribution in [0.1, 0.15) is 0 Å². The molecule has 0 aliphatic rings. The zero-order chi connectivity index (χ0) is 16.0. The van der Waals surface area contributed by atoms with Crippen molar-refractivity contribution in [2.24, 2.45) is 0 Å². The number of carboxylic acid groups (broad SMARTS) is 1. The number of alkyl halides is 1. The first-order valence-electron chi connectivity index (χ1n) is 5.88. The normalized spacial score (nSPS) is 12.9. The van der Waals surface area contributed by atoms with E-state index >= 15 is 0 Å². The van der Waals surface area contributed by atoms with Crippen molar-refractivity contribution < 1.29 is 27.5 Å². The topological polar surface area (TPSA) is 104 Å². The summed E-state index contributed by atoms with van der Waals surface area (Å²) in [6, 6.07) is 5.75. The van der Waals surface area contributed by atoms with Gasteiger partial charge in [-0.25, -0.2) is 17.6 Å². The van der Waals surface area contributed by atoms with Crippen LogP contribution in [0.25, 0.3) is 0 Å². The molecule has 116 valence electrons. The van der Waals surface area contributed by atoms with Gasteiger partial charge in [-0.3, -0.25) is 4.79 Å². The van der Waals surface area contributed by atoms with E-state index in [0.29, 0.717) is 0 Å². The molecule has 1 atom stereocenters. The van der Waals surface area contributed by atoms with Crippen molar-refractivity contribution in [2.45, 2.75) is 10.9 Å². The van der Waals surface area contributed by atoms with E-state index in [1.165, 1.54) is 31.3 Å². The van der Waals surface area contributed by atoms with Crippen molar-refractivity contribution in [3.63, 3.8) is 0 Å². The highest BCUT2D eigenvalue weighted by atomic mass is 32.2. The van der Waals surface area contributed by atoms with E-state index in [1.807, 2.05) is 5.32 Å². The third-order valence-corrected chi connectivity index (χ3v) is 4.42. The molecule has 1 amide bonds. The van der Waals surface area contributed by atoms with Gasteiger partial charge in [0.25, 0.3) is 0 Å². The SMILES string of the molecule is CN(CC(=O)NC(CF)C(=O)O)S(=O)(=O)c1ccccc1. The zero-order valence-corrected chi connectivity index (χ0v) is 12.0. The van der Waals surface area contributed by atoms with Crippen LogP contribution in [0, 0.1) is 0 Å². The maximum Gasteiger partial charge on any atom is 0.328 e. The molecule has 0 heterocycles. The highest BCUT2D eigenvalue weighted by molar-refractivity contribution is 7.89. The van der Waals surface area contributed by atoms with Gasteiger partial charge >= 0.3 is 5.97 Å². The Labute approximate surface area is 121 Å². The number of aliphatic carboxylic acids is 1. The molecule has 0 radical (unpaired) electrons. The summed E-state index contributed by atoms with van der Waals surface area (Å²) in [6.07, 6.45) is 0. The largest absolute Gasteiger partial charge is 0.480 e. The number of carboxylic acids is 1. The van der Waals surface area contributed by atoms with Crippen molar-refractivity contribution >= 4 is 21.9 Å². The third kappa shape index (κ3) is 4.50. The van der Waals surface area contributed by atoms with Gasteiger partial charge in [-0.15, -0.1) is 0 Å². The van der Waals surface area contributed by atoms with Gasteiger partial charge in [0.15, 0.2) is 6.04 Å². The van der Waals surface area contributed by atoms with Crippen LogP contribution in [0.5, 0.6) is 0 Å². The molecule has 0 fully saturated rings. The number of carbonyl (C=O) groups is 2. The third-order valence-electron chi connectivity index (χ3n) is 2.61. The van der Waals surface area contributed by atoms with Gasteiger partial charge < -0.3 is 10.4 Å². The number of hydrogen-bond acceptors (Lipinski definition) is 4. The van der Waals surface area contributed by atoms with Crippen molar-refractivity contribution in [1.29, 1.82) is 0 Å². The zero-order valence-electron chi connectivity index (χ0n) is 11.2. The molecule has 21 heavy (non-hydrogen) atoms. The lowest BCUT2D eigenvalue weighted by molar-refractivity contribution is -0.142. The lowest BCUT2D eigenvalue weighted by Gasteiger charge is -2.18. The van der Waals surface area contributed by atoms with E-state index in [1.54, 1.807) is 6.07 Å². The fraction of sp³-hybridized carbons (Fsp3) is 0.333. The van der Waals surface area contributed by atoms with Gasteiger partial charge in [0.1, 0.15) is 6.67 Å². The maximum absolute atomic E-state index is 12.4. The monoisotopic (exact) mass is 318 g/mol. The first-order chi connectivity index (χ1) is 9.78. The highest BCUT2D eigenvalue weighted by Gasteiger charge is 2.25. The lowest BCUT2D eigenvalue weighted by Crippen LogP contribution is -2.47. The Balaban J connectivity index is 2.75. The summed E-state index contributed by atoms with van der Waals surface area (Å²) in [6.45, 7) is -1.89. The Morgan fingerprint density at radius 3 is 2.38 bits per heavy atom. The molecule has 1 rings (SSSR count). The number of rotatable bonds is 7. The first-order valence-corrected chi connectivity index (χ1v) is 7.32. The van der Waals surface area contributed by atoms with E-state index in [0.717, 1.165) is 4.31 Å². The van der Waals surface area contributed by atoms with Gasteiger partial charge in [0.05, 0.1) is 11.4 Å². The second-order valence-corrected chi connectivity index (χ2v) is 6.23. The van der Waals surface area contributed by atoms with Crippen LogP contribution in [0.4, 0.5) is 4.39 Å². The molecule has 0 bridgehead atoms. The summed E-state index contributed by atoms with van der Waals surface area (Å²) in [4.78, 5) is 22.1. The van der Waals surface area contributed by atoms with E-state index < -0.39 is 41.2 Å². The minimum Gasteiger partial charge on any atom is -0.480 e. The summed E-state index contributed by atoms with van der Waals surface area (Å²) in [7, 11) is -2.69. The molecule has 1 unspecified atom stereocenters. The number of likely N-dealkylation sites (N-methyl/N-ethyl adjacent to an activating group) is 1. The molecule has 0 saturated carbocycles. The van der Waals surface area contributed by atoms with Gasteiger partial charge in [0.2, 0.25) is 15.9 Å². The molecule has 0 spiro atoms. The van der Waals surface area contributed by atoms with Gasteiger partial charge in [-0.1, -0.05) is 18.2 Å². The van der Waals surface area contributed by atoms with Crippen molar-refractivity contribution in [3.05, 3.63) is 30.3 Å². The molecule has 0 aliphatic carbocycles. The van der Waals surface area contributed by atoms with Crippen LogP contribution in [-0.4, -0.2) is 56.0 Å². The summed E-state index contributed by atoms with van der Waals surface area (Å²) < 4.78 is 37.4. The smallest absolute Gasteiger partial charge is 0.328 e. The lowest BCUT2D eigenvalue weighted by atomic mass is 10.3. The Morgan fingerprint density at radius 2 is 1.90 bits per heavy atom. The predicted octanol–water partition coefficient (Wildman–Crippen LogP) is -0.154. The number of amides is 1. The Kier molecular flexibility index (Phi) is 5.79. The number of nitrogens with one attached hydrogen (secondary N) is 1. The molecule has 2 N–H and O–H groups in total. The molecule has 7 nitrogen and oxygen atoms in total. The summed E-state index contributed by atoms with van der Waals surface area (Å²) in [5.41, 5.74) is 0. The first kappa shape index (κ1) is 17.1. The van der Waals surface area contributed by atoms with E-state index in [2.05, 4.69) is 0 Å². The Morgan fingerprint density at radius 1 is 1.33 bits per heavy atom. The molecule has 0 aromatic heterocycles. The van der Waals surface area contributed by atoms with Crippen LogP contribution in [0.2, 0.25) is 0 Å². The molecular weight excluding hydrogens is 303 g/mol.